The van der Waals surface area contributed by atoms with Crippen molar-refractivity contribution in [1.29, 1.82) is 0 Å². The second-order valence-corrected chi connectivity index (χ2v) is 5.01. The van der Waals surface area contributed by atoms with Gasteiger partial charge in [-0.2, -0.15) is 0 Å². The highest BCUT2D eigenvalue weighted by molar-refractivity contribution is 5.96. The average molecular weight is 283 g/mol. The van der Waals surface area contributed by atoms with E-state index in [1.54, 1.807) is 14.2 Å². The van der Waals surface area contributed by atoms with E-state index in [1.165, 1.54) is 0 Å². The molecule has 0 saturated heterocycles. The highest BCUT2D eigenvalue weighted by Gasteiger charge is 2.30. The van der Waals surface area contributed by atoms with Crippen LogP contribution in [0.3, 0.4) is 0 Å². The number of hydrogen-bond donors (Lipinski definition) is 1. The minimum absolute atomic E-state index is 0.00388. The highest BCUT2D eigenvalue weighted by Crippen LogP contribution is 2.44. The van der Waals surface area contributed by atoms with Crippen LogP contribution in [0.25, 0.3) is 0 Å². The molecule has 1 aliphatic heterocycles. The number of rotatable bonds is 3. The van der Waals surface area contributed by atoms with E-state index in [9.17, 15) is 4.79 Å². The molecule has 1 aliphatic rings. The van der Waals surface area contributed by atoms with Gasteiger partial charge in [0.25, 0.3) is 0 Å². The molecule has 0 radical (unpaired) electrons. The van der Waals surface area contributed by atoms with Crippen molar-refractivity contribution in [3.8, 4) is 11.5 Å². The van der Waals surface area contributed by atoms with Crippen LogP contribution in [0.1, 0.15) is 23.5 Å². The van der Waals surface area contributed by atoms with Crippen molar-refractivity contribution >= 4 is 11.6 Å². The number of anilines is 1. The summed E-state index contributed by atoms with van der Waals surface area (Å²) >= 11 is 0. The third-order valence-corrected chi connectivity index (χ3v) is 3.79. The van der Waals surface area contributed by atoms with Crippen LogP contribution in [0.5, 0.6) is 11.5 Å². The monoisotopic (exact) mass is 283 g/mol. The molecule has 0 saturated carbocycles. The fraction of sp³-hybridized carbons (Fsp3) is 0.235. The van der Waals surface area contributed by atoms with Gasteiger partial charge in [-0.1, -0.05) is 30.3 Å². The van der Waals surface area contributed by atoms with Crippen LogP contribution in [0, 0.1) is 0 Å². The zero-order valence-corrected chi connectivity index (χ0v) is 12.1. The van der Waals surface area contributed by atoms with Gasteiger partial charge in [-0.25, -0.2) is 0 Å². The Kier molecular flexibility index (Phi) is 3.52. The highest BCUT2D eigenvalue weighted by atomic mass is 16.5. The van der Waals surface area contributed by atoms with Crippen LogP contribution < -0.4 is 14.8 Å². The first-order valence-electron chi connectivity index (χ1n) is 6.83. The molecule has 1 heterocycles. The summed E-state index contributed by atoms with van der Waals surface area (Å²) in [5.41, 5.74) is 2.87. The van der Waals surface area contributed by atoms with Gasteiger partial charge in [0.2, 0.25) is 5.91 Å². The third kappa shape index (κ3) is 2.44. The average Bonchev–Trinajstić information content (AvgIpc) is 2.53. The molecule has 4 heteroatoms. The van der Waals surface area contributed by atoms with Crippen molar-refractivity contribution in [2.45, 2.75) is 12.3 Å². The molecular weight excluding hydrogens is 266 g/mol. The molecule has 0 bridgehead atoms. The minimum atomic E-state index is -0.00388. The molecule has 1 N–H and O–H groups in total. The molecule has 3 rings (SSSR count). The van der Waals surface area contributed by atoms with Crippen molar-refractivity contribution in [1.82, 2.24) is 0 Å². The molecular formula is C17H17NO3. The van der Waals surface area contributed by atoms with Crippen LogP contribution in [0.4, 0.5) is 5.69 Å². The standard InChI is InChI=1S/C17H17NO3/c1-20-12-8-14-17(15(9-12)21-2)13(10-16(19)18-14)11-6-4-3-5-7-11/h3-9,13H,10H2,1-2H3,(H,18,19). The first-order chi connectivity index (χ1) is 10.2. The summed E-state index contributed by atoms with van der Waals surface area (Å²) < 4.78 is 10.8. The Labute approximate surface area is 123 Å². The number of ether oxygens (including phenoxy) is 2. The van der Waals surface area contributed by atoms with Crippen molar-refractivity contribution in [2.75, 3.05) is 19.5 Å². The molecule has 0 aliphatic carbocycles. The fourth-order valence-corrected chi connectivity index (χ4v) is 2.81. The molecule has 1 atom stereocenters. The lowest BCUT2D eigenvalue weighted by atomic mass is 9.84. The molecule has 0 aromatic heterocycles. The Morgan fingerprint density at radius 3 is 2.52 bits per heavy atom. The van der Waals surface area contributed by atoms with E-state index in [0.29, 0.717) is 12.2 Å². The summed E-state index contributed by atoms with van der Waals surface area (Å²) in [6.07, 6.45) is 0.416. The zero-order valence-electron chi connectivity index (χ0n) is 12.1. The van der Waals surface area contributed by atoms with Crippen molar-refractivity contribution < 1.29 is 14.3 Å². The number of carbonyl (C=O) groups excluding carboxylic acids is 1. The number of methoxy groups -OCH3 is 2. The lowest BCUT2D eigenvalue weighted by Gasteiger charge is -2.28. The maximum Gasteiger partial charge on any atom is 0.225 e. The van der Waals surface area contributed by atoms with Gasteiger partial charge < -0.3 is 14.8 Å². The lowest BCUT2D eigenvalue weighted by Crippen LogP contribution is -2.24. The Bertz CT molecular complexity index is 667. The fourth-order valence-electron chi connectivity index (χ4n) is 2.81. The quantitative estimate of drug-likeness (QED) is 0.941. The second kappa shape index (κ2) is 5.48. The molecule has 1 amide bonds. The number of benzene rings is 2. The number of hydrogen-bond acceptors (Lipinski definition) is 3. The van der Waals surface area contributed by atoms with Crippen LogP contribution in [-0.4, -0.2) is 20.1 Å². The van der Waals surface area contributed by atoms with Gasteiger partial charge in [-0.3, -0.25) is 4.79 Å². The Morgan fingerprint density at radius 2 is 1.86 bits per heavy atom. The number of carbonyl (C=O) groups is 1. The van der Waals surface area contributed by atoms with Gasteiger partial charge in [0, 0.05) is 30.0 Å². The van der Waals surface area contributed by atoms with E-state index in [0.717, 1.165) is 22.6 Å². The third-order valence-electron chi connectivity index (χ3n) is 3.79. The Hall–Kier alpha value is -2.49. The molecule has 4 nitrogen and oxygen atoms in total. The predicted molar refractivity (Wildman–Crippen MR) is 81.1 cm³/mol. The van der Waals surface area contributed by atoms with E-state index in [-0.39, 0.29) is 11.8 Å². The minimum Gasteiger partial charge on any atom is -0.497 e. The van der Waals surface area contributed by atoms with E-state index in [1.807, 2.05) is 42.5 Å². The Balaban J connectivity index is 2.17. The summed E-state index contributed by atoms with van der Waals surface area (Å²) in [7, 11) is 3.23. The first kappa shape index (κ1) is 13.5. The predicted octanol–water partition coefficient (Wildman–Crippen LogP) is 3.18. The molecule has 0 fully saturated rings. The van der Waals surface area contributed by atoms with Crippen molar-refractivity contribution in [2.24, 2.45) is 0 Å². The Morgan fingerprint density at radius 1 is 1.10 bits per heavy atom. The van der Waals surface area contributed by atoms with Crippen LogP contribution in [-0.2, 0) is 4.79 Å². The first-order valence-corrected chi connectivity index (χ1v) is 6.83. The molecule has 2 aromatic carbocycles. The van der Waals surface area contributed by atoms with E-state index in [4.69, 9.17) is 9.47 Å². The van der Waals surface area contributed by atoms with Gasteiger partial charge in [0.1, 0.15) is 11.5 Å². The van der Waals surface area contributed by atoms with Crippen LogP contribution >= 0.6 is 0 Å². The van der Waals surface area contributed by atoms with Crippen molar-refractivity contribution in [3.05, 3.63) is 53.6 Å². The summed E-state index contributed by atoms with van der Waals surface area (Å²) in [6, 6.07) is 13.7. The summed E-state index contributed by atoms with van der Waals surface area (Å²) in [4.78, 5) is 12.0. The van der Waals surface area contributed by atoms with Gasteiger partial charge in [-0.05, 0) is 5.56 Å². The summed E-state index contributed by atoms with van der Waals surface area (Å²) in [6.45, 7) is 0. The maximum absolute atomic E-state index is 12.0. The second-order valence-electron chi connectivity index (χ2n) is 5.01. The van der Waals surface area contributed by atoms with Gasteiger partial charge >= 0.3 is 0 Å². The van der Waals surface area contributed by atoms with Gasteiger partial charge in [-0.15, -0.1) is 0 Å². The van der Waals surface area contributed by atoms with Crippen molar-refractivity contribution in [3.63, 3.8) is 0 Å². The van der Waals surface area contributed by atoms with Crippen LogP contribution in [0.15, 0.2) is 42.5 Å². The molecule has 0 spiro atoms. The SMILES string of the molecule is COc1cc2c(c(OC)c1)C(c1ccccc1)CC(=O)N2. The van der Waals surface area contributed by atoms with Gasteiger partial charge in [0.05, 0.1) is 19.9 Å². The lowest BCUT2D eigenvalue weighted by molar-refractivity contribution is -0.116. The van der Waals surface area contributed by atoms with E-state index >= 15 is 0 Å². The molecule has 2 aromatic rings. The molecule has 21 heavy (non-hydrogen) atoms. The molecule has 108 valence electrons. The number of nitrogens with one attached hydrogen (secondary N) is 1. The normalized spacial score (nSPS) is 16.9. The van der Waals surface area contributed by atoms with Crippen LogP contribution in [0.2, 0.25) is 0 Å². The number of fused-ring (bicyclic) bond motifs is 1. The summed E-state index contributed by atoms with van der Waals surface area (Å²) in [5.74, 6) is 1.40. The van der Waals surface area contributed by atoms with E-state index in [2.05, 4.69) is 5.32 Å². The van der Waals surface area contributed by atoms with E-state index < -0.39 is 0 Å². The smallest absolute Gasteiger partial charge is 0.225 e. The number of amides is 1. The van der Waals surface area contributed by atoms with Gasteiger partial charge in [0.15, 0.2) is 0 Å². The maximum atomic E-state index is 12.0. The molecule has 1 unspecified atom stereocenters. The zero-order chi connectivity index (χ0) is 14.8. The topological polar surface area (TPSA) is 47.6 Å². The largest absolute Gasteiger partial charge is 0.497 e. The summed E-state index contributed by atoms with van der Waals surface area (Å²) in [5, 5.41) is 2.91.